The van der Waals surface area contributed by atoms with Gasteiger partial charge in [0, 0.05) is 18.8 Å². The minimum absolute atomic E-state index is 0.165. The minimum atomic E-state index is -3.67. The number of rotatable bonds is 4. The van der Waals surface area contributed by atoms with E-state index in [0.29, 0.717) is 31.0 Å². The zero-order valence-electron chi connectivity index (χ0n) is 15.4. The standard InChI is InChI=1S/C21H20N2O4S/c1-15-4-8-19(9-5-15)28(25,26)22-18-7-6-16-10-11-23(14-17(16)13-18)21(24)20-3-2-12-27-20/h2-9,12-13,22H,10-11,14H2,1H3. The van der Waals surface area contributed by atoms with Gasteiger partial charge in [-0.3, -0.25) is 9.52 Å². The van der Waals surface area contributed by atoms with E-state index in [-0.39, 0.29) is 10.8 Å². The first-order valence-electron chi connectivity index (χ1n) is 8.96. The number of sulfonamides is 1. The summed E-state index contributed by atoms with van der Waals surface area (Å²) < 4.78 is 33.1. The fraction of sp³-hybridized carbons (Fsp3) is 0.190. The molecule has 4 rings (SSSR count). The first-order valence-corrected chi connectivity index (χ1v) is 10.4. The van der Waals surface area contributed by atoms with Crippen molar-refractivity contribution in [3.63, 3.8) is 0 Å². The topological polar surface area (TPSA) is 79.6 Å². The summed E-state index contributed by atoms with van der Waals surface area (Å²) in [4.78, 5) is 14.4. The quantitative estimate of drug-likeness (QED) is 0.731. The van der Waals surface area contributed by atoms with Crippen LogP contribution in [-0.4, -0.2) is 25.8 Å². The summed E-state index contributed by atoms with van der Waals surface area (Å²) in [7, 11) is -3.67. The Kier molecular flexibility index (Phi) is 4.68. The number of amides is 1. The number of aryl methyl sites for hydroxylation is 1. The van der Waals surface area contributed by atoms with Crippen LogP contribution in [0.4, 0.5) is 5.69 Å². The first-order chi connectivity index (χ1) is 13.4. The monoisotopic (exact) mass is 396 g/mol. The number of nitrogens with zero attached hydrogens (tertiary/aromatic N) is 1. The number of hydrogen-bond acceptors (Lipinski definition) is 4. The number of benzene rings is 2. The van der Waals surface area contributed by atoms with Crippen LogP contribution < -0.4 is 4.72 Å². The summed E-state index contributed by atoms with van der Waals surface area (Å²) in [5.41, 5.74) is 3.51. The fourth-order valence-corrected chi connectivity index (χ4v) is 4.33. The average Bonchev–Trinajstić information content (AvgIpc) is 3.21. The molecule has 0 spiro atoms. The number of fused-ring (bicyclic) bond motifs is 1. The van der Waals surface area contributed by atoms with Crippen molar-refractivity contribution >= 4 is 21.6 Å². The lowest BCUT2D eigenvalue weighted by molar-refractivity contribution is 0.0702. The molecule has 0 bridgehead atoms. The minimum Gasteiger partial charge on any atom is -0.459 e. The highest BCUT2D eigenvalue weighted by molar-refractivity contribution is 7.92. The Morgan fingerprint density at radius 2 is 1.86 bits per heavy atom. The summed E-state index contributed by atoms with van der Waals surface area (Å²) in [6, 6.07) is 15.5. The van der Waals surface area contributed by atoms with Crippen LogP contribution in [0.25, 0.3) is 0 Å². The Morgan fingerprint density at radius 3 is 2.57 bits per heavy atom. The van der Waals surface area contributed by atoms with E-state index in [9.17, 15) is 13.2 Å². The number of anilines is 1. The molecule has 1 aliphatic heterocycles. The summed E-state index contributed by atoms with van der Waals surface area (Å²) in [6.45, 7) is 2.92. The van der Waals surface area contributed by atoms with E-state index in [1.54, 1.807) is 53.4 Å². The third kappa shape index (κ3) is 3.66. The second-order valence-electron chi connectivity index (χ2n) is 6.86. The number of hydrogen-bond donors (Lipinski definition) is 1. The molecule has 2 heterocycles. The van der Waals surface area contributed by atoms with Crippen LogP contribution in [0, 0.1) is 6.92 Å². The molecular weight excluding hydrogens is 376 g/mol. The lowest BCUT2D eigenvalue weighted by atomic mass is 9.99. The highest BCUT2D eigenvalue weighted by Gasteiger charge is 2.24. The van der Waals surface area contributed by atoms with E-state index in [1.807, 2.05) is 13.0 Å². The third-order valence-corrected chi connectivity index (χ3v) is 6.22. The fourth-order valence-electron chi connectivity index (χ4n) is 3.28. The molecular formula is C21H20N2O4S. The Bertz CT molecular complexity index is 1100. The molecule has 144 valence electrons. The van der Waals surface area contributed by atoms with Crippen molar-refractivity contribution in [2.24, 2.45) is 0 Å². The van der Waals surface area contributed by atoms with E-state index in [0.717, 1.165) is 16.7 Å². The Hall–Kier alpha value is -3.06. The maximum atomic E-state index is 12.6. The van der Waals surface area contributed by atoms with Crippen molar-refractivity contribution in [1.29, 1.82) is 0 Å². The summed E-state index contributed by atoms with van der Waals surface area (Å²) in [6.07, 6.45) is 2.19. The average molecular weight is 396 g/mol. The van der Waals surface area contributed by atoms with E-state index in [2.05, 4.69) is 4.72 Å². The third-order valence-electron chi connectivity index (χ3n) is 4.82. The van der Waals surface area contributed by atoms with Gasteiger partial charge in [0.1, 0.15) is 0 Å². The molecule has 3 aromatic rings. The molecule has 2 aromatic carbocycles. The maximum Gasteiger partial charge on any atom is 0.289 e. The van der Waals surface area contributed by atoms with E-state index < -0.39 is 10.0 Å². The van der Waals surface area contributed by atoms with Gasteiger partial charge in [-0.15, -0.1) is 0 Å². The predicted molar refractivity (Wildman–Crippen MR) is 106 cm³/mol. The number of carbonyl (C=O) groups is 1. The van der Waals surface area contributed by atoms with Crippen LogP contribution in [0.5, 0.6) is 0 Å². The van der Waals surface area contributed by atoms with Gasteiger partial charge in [0.05, 0.1) is 11.2 Å². The van der Waals surface area contributed by atoms with Gasteiger partial charge in [0.2, 0.25) is 0 Å². The van der Waals surface area contributed by atoms with Gasteiger partial charge in [0.25, 0.3) is 15.9 Å². The van der Waals surface area contributed by atoms with Crippen LogP contribution in [0.15, 0.2) is 70.2 Å². The molecule has 0 fully saturated rings. The van der Waals surface area contributed by atoms with Crippen LogP contribution in [-0.2, 0) is 23.0 Å². The highest BCUT2D eigenvalue weighted by Crippen LogP contribution is 2.25. The largest absolute Gasteiger partial charge is 0.459 e. The lowest BCUT2D eigenvalue weighted by Gasteiger charge is -2.28. The van der Waals surface area contributed by atoms with Crippen molar-refractivity contribution in [2.45, 2.75) is 24.8 Å². The zero-order chi connectivity index (χ0) is 19.7. The van der Waals surface area contributed by atoms with Crippen LogP contribution in [0.3, 0.4) is 0 Å². The molecule has 7 heteroatoms. The van der Waals surface area contributed by atoms with Crippen LogP contribution in [0.2, 0.25) is 0 Å². The van der Waals surface area contributed by atoms with Gasteiger partial charge in [-0.1, -0.05) is 23.8 Å². The van der Waals surface area contributed by atoms with Gasteiger partial charge in [-0.05, 0) is 60.9 Å². The number of furan rings is 1. The van der Waals surface area contributed by atoms with Crippen molar-refractivity contribution in [2.75, 3.05) is 11.3 Å². The normalized spacial score (nSPS) is 13.8. The molecule has 1 amide bonds. The molecule has 0 saturated heterocycles. The lowest BCUT2D eigenvalue weighted by Crippen LogP contribution is -2.35. The van der Waals surface area contributed by atoms with E-state index in [1.165, 1.54) is 6.26 Å². The Labute approximate surface area is 163 Å². The van der Waals surface area contributed by atoms with E-state index >= 15 is 0 Å². The molecule has 0 atom stereocenters. The van der Waals surface area contributed by atoms with Gasteiger partial charge in [0.15, 0.2) is 5.76 Å². The van der Waals surface area contributed by atoms with Crippen molar-refractivity contribution < 1.29 is 17.6 Å². The summed E-state index contributed by atoms with van der Waals surface area (Å²) >= 11 is 0. The Balaban J connectivity index is 1.55. The molecule has 0 radical (unpaired) electrons. The molecule has 0 aliphatic carbocycles. The first kappa shape index (κ1) is 18.3. The predicted octanol–water partition coefficient (Wildman–Crippen LogP) is 3.59. The van der Waals surface area contributed by atoms with Crippen molar-refractivity contribution in [3.05, 3.63) is 83.3 Å². The maximum absolute atomic E-state index is 12.6. The second kappa shape index (κ2) is 7.16. The molecule has 1 aromatic heterocycles. The summed E-state index contributed by atoms with van der Waals surface area (Å²) in [5, 5.41) is 0. The van der Waals surface area contributed by atoms with Crippen LogP contribution >= 0.6 is 0 Å². The number of nitrogens with one attached hydrogen (secondary N) is 1. The van der Waals surface area contributed by atoms with Gasteiger partial charge in [-0.25, -0.2) is 8.42 Å². The molecule has 1 aliphatic rings. The zero-order valence-corrected chi connectivity index (χ0v) is 16.2. The van der Waals surface area contributed by atoms with E-state index in [4.69, 9.17) is 4.42 Å². The van der Waals surface area contributed by atoms with Crippen LogP contribution in [0.1, 0.15) is 27.2 Å². The highest BCUT2D eigenvalue weighted by atomic mass is 32.2. The van der Waals surface area contributed by atoms with Crippen molar-refractivity contribution in [3.8, 4) is 0 Å². The van der Waals surface area contributed by atoms with Crippen molar-refractivity contribution in [1.82, 2.24) is 4.90 Å². The smallest absolute Gasteiger partial charge is 0.289 e. The van der Waals surface area contributed by atoms with Gasteiger partial charge < -0.3 is 9.32 Å². The second-order valence-corrected chi connectivity index (χ2v) is 8.54. The molecule has 6 nitrogen and oxygen atoms in total. The summed E-state index contributed by atoms with van der Waals surface area (Å²) in [5.74, 6) is 0.140. The molecule has 0 saturated carbocycles. The molecule has 0 unspecified atom stereocenters. The van der Waals surface area contributed by atoms with Gasteiger partial charge >= 0.3 is 0 Å². The molecule has 28 heavy (non-hydrogen) atoms. The Morgan fingerprint density at radius 1 is 1.07 bits per heavy atom. The number of carbonyl (C=O) groups excluding carboxylic acids is 1. The SMILES string of the molecule is Cc1ccc(S(=O)(=O)Nc2ccc3c(c2)CN(C(=O)c2ccco2)CC3)cc1. The van der Waals surface area contributed by atoms with Gasteiger partial charge in [-0.2, -0.15) is 0 Å². The molecule has 1 N–H and O–H groups in total.